The molecule has 4 saturated heterocycles. The smallest absolute Gasteiger partial charge is 0.306 e. The Hall–Kier alpha value is -7.78. The van der Waals surface area contributed by atoms with Gasteiger partial charge in [0.05, 0.1) is 54.1 Å². The number of ether oxygens (including phenoxy) is 1. The minimum absolute atomic E-state index is 0.0156. The Balaban J connectivity index is 0.722. The van der Waals surface area contributed by atoms with E-state index in [1.54, 1.807) is 17.8 Å². The van der Waals surface area contributed by atoms with Gasteiger partial charge in [0.15, 0.2) is 5.82 Å². The number of nitrogens with zero attached hydrogens (tertiary/aromatic N) is 8. The zero-order valence-corrected chi connectivity index (χ0v) is 49.0. The number of aryl methyl sites for hydroxylation is 1. The predicted octanol–water partition coefficient (Wildman–Crippen LogP) is 5.49. The van der Waals surface area contributed by atoms with E-state index in [1.807, 2.05) is 81.1 Å². The molecule has 21 nitrogen and oxygen atoms in total. The first-order valence-corrected chi connectivity index (χ1v) is 30.0. The van der Waals surface area contributed by atoms with E-state index < -0.39 is 99.5 Å². The number of H-pyrrole nitrogens is 1. The number of anilines is 2. The third kappa shape index (κ3) is 13.5. The number of piperazine rings is 1. The molecule has 4 fully saturated rings. The number of thiazole rings is 1. The Morgan fingerprint density at radius 2 is 1.61 bits per heavy atom. The maximum Gasteiger partial charge on any atom is 0.306 e. The van der Waals surface area contributed by atoms with Crippen LogP contribution in [0, 0.1) is 24.0 Å². The minimum Gasteiger partial charge on any atom is -0.481 e. The topological polar surface area (TPSA) is 251 Å². The largest absolute Gasteiger partial charge is 0.481 e. The molecule has 450 valence electrons. The van der Waals surface area contributed by atoms with Crippen LogP contribution in [-0.4, -0.2) is 179 Å². The number of carboxylic acid groups (broad SMARTS) is 1. The number of halogens is 3. The van der Waals surface area contributed by atoms with Crippen molar-refractivity contribution in [1.29, 1.82) is 0 Å². The van der Waals surface area contributed by atoms with E-state index in [-0.39, 0.29) is 75.1 Å². The van der Waals surface area contributed by atoms with E-state index in [4.69, 9.17) is 9.84 Å². The summed E-state index contributed by atoms with van der Waals surface area (Å²) in [7, 11) is -3.51. The number of aliphatic carboxylic acids is 1. The summed E-state index contributed by atoms with van der Waals surface area (Å²) in [4.78, 5) is 101. The second kappa shape index (κ2) is 25.4. The lowest BCUT2D eigenvalue weighted by Crippen LogP contribution is -2.65. The number of carbonyl (C=O) groups excluding carboxylic acids is 5. The van der Waals surface area contributed by atoms with Crippen molar-refractivity contribution < 1.29 is 60.2 Å². The molecule has 4 atom stereocenters. The molecular weight excluding hydrogens is 1140 g/mol. The van der Waals surface area contributed by atoms with E-state index in [9.17, 15) is 41.6 Å². The van der Waals surface area contributed by atoms with Gasteiger partial charge in [-0.1, -0.05) is 57.2 Å². The van der Waals surface area contributed by atoms with Gasteiger partial charge in [0.25, 0.3) is 0 Å². The quantitative estimate of drug-likeness (QED) is 0.0360. The molecule has 0 saturated carbocycles. The average Bonchev–Trinajstić information content (AvgIpc) is 2.16. The molecule has 0 unspecified atom stereocenters. The second-order valence-electron chi connectivity index (χ2n) is 22.9. The number of nitrogens with one attached hydrogen (secondary N) is 3. The molecule has 0 aliphatic carbocycles. The van der Waals surface area contributed by atoms with Gasteiger partial charge < -0.3 is 35.3 Å². The number of hydrogen-bond donors (Lipinski definition) is 5. The van der Waals surface area contributed by atoms with Crippen LogP contribution in [-0.2, 0) is 46.1 Å². The fourth-order valence-corrected chi connectivity index (χ4v) is 12.9. The number of alkyl halides is 1. The number of aromatic amines is 1. The molecule has 3 aromatic heterocycles. The molecule has 4 aliphatic heterocycles. The number of amides is 3. The van der Waals surface area contributed by atoms with E-state index in [0.717, 1.165) is 76.3 Å². The molecule has 6 aromatic rings. The van der Waals surface area contributed by atoms with Gasteiger partial charge in [-0.3, -0.25) is 38.6 Å². The van der Waals surface area contributed by atoms with Crippen LogP contribution < -0.4 is 19.9 Å². The summed E-state index contributed by atoms with van der Waals surface area (Å²) in [5, 5.41) is 16.4. The first-order valence-electron chi connectivity index (χ1n) is 28.0. The van der Waals surface area contributed by atoms with Crippen LogP contribution in [0.15, 0.2) is 84.6 Å². The zero-order chi connectivity index (χ0) is 60.4. The molecule has 4 aliphatic rings. The van der Waals surface area contributed by atoms with Crippen LogP contribution in [0.2, 0.25) is 0 Å². The van der Waals surface area contributed by atoms with Gasteiger partial charge in [0.1, 0.15) is 41.5 Å². The Bertz CT molecular complexity index is 3570. The van der Waals surface area contributed by atoms with Crippen molar-refractivity contribution in [3.05, 3.63) is 119 Å². The molecular formula is C59H66F3N11O10S2. The summed E-state index contributed by atoms with van der Waals surface area (Å²) in [5.41, 5.74) is 4.74. The van der Waals surface area contributed by atoms with Gasteiger partial charge in [0, 0.05) is 99.4 Å². The van der Waals surface area contributed by atoms with Crippen molar-refractivity contribution >= 4 is 80.1 Å². The molecule has 0 radical (unpaired) electrons. The van der Waals surface area contributed by atoms with E-state index in [1.165, 1.54) is 22.4 Å². The molecule has 0 bridgehead atoms. The summed E-state index contributed by atoms with van der Waals surface area (Å²) < 4.78 is 76.2. The number of pyridine rings is 1. The van der Waals surface area contributed by atoms with Crippen LogP contribution in [0.25, 0.3) is 32.6 Å². The number of hydrogen-bond acceptors (Lipinski definition) is 16. The Kier molecular flexibility index (Phi) is 18.1. The van der Waals surface area contributed by atoms with Crippen molar-refractivity contribution in [2.24, 2.45) is 5.41 Å². The number of likely N-dealkylation sites (tertiary alicyclic amines) is 2. The lowest BCUT2D eigenvalue weighted by atomic mass is 9.85. The standard InChI is InChI=1S/C59H66F3N11O10S2/c1-34-54(84-33-66-34)37-7-5-35(6-8-37)25-65-57(79)47-24-42(83-50(77)16-15-49(75)76)31-72(47)58(80)55(59(2,3)4)67-48(74)32-68-29-41(30-68)70-21-19-69(20-22-70)40-11-9-36(10-12-40)38-23-43-44(27-64-56(43)63-26-38)53(78)51-45(61)13-14-46(52(51)62)73(85(81)82)71-18-17-39(60)28-71/h5-14,23,26-27,33,39,41-42,47,55,85H,15-22,24-25,28-32H2,1-4H3,(H,63,64)(H,65,79)(H,67,74)(H,75,76)/t39-,42-,47+,55-/m1/s1. The van der Waals surface area contributed by atoms with Crippen molar-refractivity contribution in [2.75, 3.05) is 74.8 Å². The van der Waals surface area contributed by atoms with Gasteiger partial charge in [-0.15, -0.1) is 11.3 Å². The summed E-state index contributed by atoms with van der Waals surface area (Å²) in [6, 6.07) is 17.0. The SMILES string of the molecule is Cc1ncsc1-c1ccc(CNC(=O)[C@@H]2C[C@@H](OC(=O)CCC(=O)O)CN2C(=O)[C@@H](NC(=O)CN2CC(N3CCN(c4ccc(-c5cnc6[nH]cc(C(=O)c7c(F)ccc(N(N8CC[C@@H](F)C8)[SH](=O)=O)c7F)c6c5)cc4)CC3)C2)C(C)(C)C)cc1. The molecule has 4 N–H and O–H groups in total. The fraction of sp³-hybridized carbons (Fsp3) is 0.424. The Morgan fingerprint density at radius 1 is 0.894 bits per heavy atom. The number of carboxylic acids is 1. The summed E-state index contributed by atoms with van der Waals surface area (Å²) >= 11 is 1.53. The molecule has 3 amide bonds. The third-order valence-electron chi connectivity index (χ3n) is 16.1. The van der Waals surface area contributed by atoms with Crippen LogP contribution in [0.4, 0.5) is 24.5 Å². The number of aromatic nitrogens is 3. The van der Waals surface area contributed by atoms with E-state index >= 15 is 8.78 Å². The van der Waals surface area contributed by atoms with Gasteiger partial charge in [0.2, 0.25) is 34.4 Å². The van der Waals surface area contributed by atoms with Crippen LogP contribution >= 0.6 is 11.3 Å². The number of benzene rings is 3. The average molecular weight is 1210 g/mol. The lowest BCUT2D eigenvalue weighted by Gasteiger charge is -2.48. The van der Waals surface area contributed by atoms with Crippen molar-refractivity contribution in [3.63, 3.8) is 0 Å². The lowest BCUT2D eigenvalue weighted by molar-refractivity contribution is -0.152. The van der Waals surface area contributed by atoms with Crippen molar-refractivity contribution in [3.8, 4) is 21.6 Å². The number of carbonyl (C=O) groups is 6. The van der Waals surface area contributed by atoms with Crippen LogP contribution in [0.5, 0.6) is 0 Å². The Labute approximate surface area is 494 Å². The highest BCUT2D eigenvalue weighted by Crippen LogP contribution is 2.35. The number of esters is 1. The molecule has 10 rings (SSSR count). The van der Waals surface area contributed by atoms with Gasteiger partial charge in [-0.25, -0.2) is 36.6 Å². The fourth-order valence-electron chi connectivity index (χ4n) is 11.4. The molecule has 85 heavy (non-hydrogen) atoms. The monoisotopic (exact) mass is 1210 g/mol. The number of thiol groups is 1. The number of ketones is 1. The predicted molar refractivity (Wildman–Crippen MR) is 312 cm³/mol. The molecule has 26 heteroatoms. The first-order chi connectivity index (χ1) is 40.6. The van der Waals surface area contributed by atoms with Crippen molar-refractivity contribution in [2.45, 2.75) is 90.3 Å². The van der Waals surface area contributed by atoms with Crippen LogP contribution in [0.1, 0.15) is 73.6 Å². The minimum atomic E-state index is -3.51. The van der Waals surface area contributed by atoms with Gasteiger partial charge in [-0.2, -0.15) is 4.41 Å². The van der Waals surface area contributed by atoms with E-state index in [0.29, 0.717) is 28.5 Å². The van der Waals surface area contributed by atoms with E-state index in [2.05, 4.69) is 35.4 Å². The highest BCUT2D eigenvalue weighted by atomic mass is 32.2. The highest BCUT2D eigenvalue weighted by molar-refractivity contribution is 7.73. The first kappa shape index (κ1) is 60.3. The molecule has 0 spiro atoms. The molecule has 3 aromatic carbocycles. The number of hydrazine groups is 1. The number of rotatable bonds is 20. The maximum atomic E-state index is 16.1. The highest BCUT2D eigenvalue weighted by Gasteiger charge is 2.47. The van der Waals surface area contributed by atoms with Crippen molar-refractivity contribution in [1.82, 2.24) is 45.3 Å². The normalized spacial score (nSPS) is 19.3. The maximum absolute atomic E-state index is 16.1. The van der Waals surface area contributed by atoms with Gasteiger partial charge in [-0.05, 0) is 65.8 Å². The van der Waals surface area contributed by atoms with Gasteiger partial charge >= 0.3 is 11.9 Å². The second-order valence-corrected chi connectivity index (χ2v) is 24.7. The molecule has 7 heterocycles. The Morgan fingerprint density at radius 3 is 2.26 bits per heavy atom. The van der Waals surface area contributed by atoms with Crippen LogP contribution in [0.3, 0.4) is 0 Å². The number of fused-ring (bicyclic) bond motifs is 1. The zero-order valence-electron chi connectivity index (χ0n) is 47.3. The summed E-state index contributed by atoms with van der Waals surface area (Å²) in [6.07, 6.45) is -0.106. The summed E-state index contributed by atoms with van der Waals surface area (Å²) in [5.74, 6) is -6.88. The summed E-state index contributed by atoms with van der Waals surface area (Å²) in [6.45, 7) is 11.4. The third-order valence-corrected chi connectivity index (χ3v) is 17.8.